The molecule has 0 aliphatic rings. The Kier molecular flexibility index (Phi) is 3.87. The molecule has 0 radical (unpaired) electrons. The minimum absolute atomic E-state index is 0.0529. The number of carboxylic acids is 1. The first-order valence-electron chi connectivity index (χ1n) is 3.67. The fraction of sp³-hybridized carbons (Fsp3) is 0.143. The first-order chi connectivity index (χ1) is 7.04. The van der Waals surface area contributed by atoms with Crippen LogP contribution in [-0.2, 0) is 4.79 Å². The van der Waals surface area contributed by atoms with E-state index in [4.69, 9.17) is 22.4 Å². The highest BCUT2D eigenvalue weighted by Gasteiger charge is 2.13. The van der Waals surface area contributed by atoms with Crippen LogP contribution in [0.5, 0.6) is 0 Å². The normalized spacial score (nSPS) is 9.93. The molecule has 0 fully saturated rings. The summed E-state index contributed by atoms with van der Waals surface area (Å²) in [5, 5.41) is 8.55. The van der Waals surface area contributed by atoms with Crippen molar-refractivity contribution in [1.29, 1.82) is 0 Å². The molecule has 0 aliphatic carbocycles. The minimum Gasteiger partial charge on any atom is -0.481 e. The number of nitrogens with two attached hydrogens (primary N) is 1. The van der Waals surface area contributed by atoms with Crippen molar-refractivity contribution in [1.82, 2.24) is 9.97 Å². The fourth-order valence-electron chi connectivity index (χ4n) is 0.777. The van der Waals surface area contributed by atoms with Crippen molar-refractivity contribution in [2.75, 3.05) is 11.5 Å². The second kappa shape index (κ2) is 4.94. The number of aromatic nitrogens is 2. The van der Waals surface area contributed by atoms with Gasteiger partial charge >= 0.3 is 5.97 Å². The topological polar surface area (TPSA) is 106 Å². The van der Waals surface area contributed by atoms with Gasteiger partial charge in [0, 0.05) is 0 Å². The van der Waals surface area contributed by atoms with Crippen LogP contribution in [-0.4, -0.2) is 33.1 Å². The number of anilines is 1. The van der Waals surface area contributed by atoms with Crippen molar-refractivity contribution in [2.24, 2.45) is 0 Å². The molecule has 0 aliphatic heterocycles. The van der Waals surface area contributed by atoms with Crippen LogP contribution in [0.15, 0.2) is 5.03 Å². The van der Waals surface area contributed by atoms with E-state index in [1.54, 1.807) is 0 Å². The lowest BCUT2D eigenvalue weighted by atomic mass is 10.4. The SMILES string of the molecule is Nc1nc(Cl)c(C=O)c(SCC(=O)O)n1. The number of aliphatic carboxylic acids is 1. The van der Waals surface area contributed by atoms with Crippen molar-refractivity contribution in [3.05, 3.63) is 10.7 Å². The number of carboxylic acid groups (broad SMARTS) is 1. The molecule has 0 bridgehead atoms. The zero-order valence-electron chi connectivity index (χ0n) is 7.31. The molecule has 80 valence electrons. The lowest BCUT2D eigenvalue weighted by molar-refractivity contribution is -0.133. The zero-order valence-corrected chi connectivity index (χ0v) is 8.88. The van der Waals surface area contributed by atoms with E-state index in [1.165, 1.54) is 0 Å². The van der Waals surface area contributed by atoms with E-state index in [0.29, 0.717) is 6.29 Å². The maximum absolute atomic E-state index is 10.6. The van der Waals surface area contributed by atoms with E-state index >= 15 is 0 Å². The summed E-state index contributed by atoms with van der Waals surface area (Å²) in [6, 6.07) is 0. The van der Waals surface area contributed by atoms with Crippen LogP contribution in [0.3, 0.4) is 0 Å². The number of thioether (sulfide) groups is 1. The summed E-state index contributed by atoms with van der Waals surface area (Å²) in [7, 11) is 0. The van der Waals surface area contributed by atoms with Crippen molar-refractivity contribution in [3.8, 4) is 0 Å². The first kappa shape index (κ1) is 11.7. The molecule has 1 aromatic rings. The number of carbonyl (C=O) groups is 2. The lowest BCUT2D eigenvalue weighted by Gasteiger charge is -2.03. The molecule has 1 heterocycles. The highest BCUT2D eigenvalue weighted by molar-refractivity contribution is 8.00. The Hall–Kier alpha value is -1.34. The molecule has 0 spiro atoms. The number of halogens is 1. The Balaban J connectivity index is 3.03. The summed E-state index contributed by atoms with van der Waals surface area (Å²) in [6.07, 6.45) is 0.464. The van der Waals surface area contributed by atoms with E-state index in [0.717, 1.165) is 11.8 Å². The van der Waals surface area contributed by atoms with Gasteiger partial charge in [-0.15, -0.1) is 0 Å². The average molecular weight is 248 g/mol. The van der Waals surface area contributed by atoms with E-state index in [9.17, 15) is 9.59 Å². The molecule has 3 N–H and O–H groups in total. The van der Waals surface area contributed by atoms with Crippen LogP contribution < -0.4 is 5.73 Å². The summed E-state index contributed by atoms with van der Waals surface area (Å²) in [5.41, 5.74) is 5.36. The third-order valence-electron chi connectivity index (χ3n) is 1.33. The van der Waals surface area contributed by atoms with Crippen molar-refractivity contribution < 1.29 is 14.7 Å². The van der Waals surface area contributed by atoms with Crippen molar-refractivity contribution >= 4 is 41.6 Å². The summed E-state index contributed by atoms with van der Waals surface area (Å²) in [5.74, 6) is -1.35. The molecular weight excluding hydrogens is 242 g/mol. The average Bonchev–Trinajstić information content (AvgIpc) is 2.13. The van der Waals surface area contributed by atoms with Crippen LogP contribution in [0.25, 0.3) is 0 Å². The predicted molar refractivity (Wildman–Crippen MR) is 55.2 cm³/mol. The smallest absolute Gasteiger partial charge is 0.313 e. The molecule has 0 aromatic carbocycles. The number of carbonyl (C=O) groups excluding carboxylic acids is 1. The Labute approximate surface area is 93.8 Å². The highest BCUT2D eigenvalue weighted by Crippen LogP contribution is 2.24. The number of hydrogen-bond acceptors (Lipinski definition) is 6. The van der Waals surface area contributed by atoms with E-state index in [-0.39, 0.29) is 27.4 Å². The molecule has 8 heteroatoms. The molecule has 1 rings (SSSR count). The van der Waals surface area contributed by atoms with Crippen molar-refractivity contribution in [3.63, 3.8) is 0 Å². The number of rotatable bonds is 4. The maximum atomic E-state index is 10.6. The molecule has 0 atom stereocenters. The summed E-state index contributed by atoms with van der Waals surface area (Å²) in [4.78, 5) is 28.3. The van der Waals surface area contributed by atoms with Gasteiger partial charge in [-0.05, 0) is 0 Å². The van der Waals surface area contributed by atoms with Gasteiger partial charge in [0.15, 0.2) is 6.29 Å². The Morgan fingerprint density at radius 3 is 2.80 bits per heavy atom. The van der Waals surface area contributed by atoms with Crippen molar-refractivity contribution in [2.45, 2.75) is 5.03 Å². The number of aldehydes is 1. The monoisotopic (exact) mass is 247 g/mol. The van der Waals surface area contributed by atoms with Gasteiger partial charge in [-0.25, -0.2) is 9.97 Å². The molecule has 15 heavy (non-hydrogen) atoms. The number of nitrogen functional groups attached to an aromatic ring is 1. The van der Waals surface area contributed by atoms with E-state index in [1.807, 2.05) is 0 Å². The third-order valence-corrected chi connectivity index (χ3v) is 2.60. The van der Waals surface area contributed by atoms with Gasteiger partial charge in [0.2, 0.25) is 5.95 Å². The second-order valence-electron chi connectivity index (χ2n) is 2.39. The van der Waals surface area contributed by atoms with Gasteiger partial charge in [-0.3, -0.25) is 9.59 Å². The van der Waals surface area contributed by atoms with Gasteiger partial charge in [0.25, 0.3) is 0 Å². The Morgan fingerprint density at radius 1 is 1.60 bits per heavy atom. The van der Waals surface area contributed by atoms with Crippen LogP contribution in [0, 0.1) is 0 Å². The zero-order chi connectivity index (χ0) is 11.4. The molecule has 0 unspecified atom stereocenters. The highest BCUT2D eigenvalue weighted by atomic mass is 35.5. The summed E-state index contributed by atoms with van der Waals surface area (Å²) < 4.78 is 0. The van der Waals surface area contributed by atoms with Crippen LogP contribution in [0.4, 0.5) is 5.95 Å². The molecule has 1 aromatic heterocycles. The first-order valence-corrected chi connectivity index (χ1v) is 5.03. The second-order valence-corrected chi connectivity index (χ2v) is 3.71. The molecule has 6 nitrogen and oxygen atoms in total. The minimum atomic E-state index is -1.02. The van der Waals surface area contributed by atoms with Crippen LogP contribution >= 0.6 is 23.4 Å². The van der Waals surface area contributed by atoms with Gasteiger partial charge in [0.05, 0.1) is 11.3 Å². The van der Waals surface area contributed by atoms with E-state index < -0.39 is 5.97 Å². The molecule has 0 saturated heterocycles. The Morgan fingerprint density at radius 2 is 2.27 bits per heavy atom. The van der Waals surface area contributed by atoms with Gasteiger partial charge in [-0.1, -0.05) is 23.4 Å². The van der Waals surface area contributed by atoms with Crippen LogP contribution in [0.2, 0.25) is 5.15 Å². The maximum Gasteiger partial charge on any atom is 0.313 e. The van der Waals surface area contributed by atoms with Gasteiger partial charge in [-0.2, -0.15) is 0 Å². The summed E-state index contributed by atoms with van der Waals surface area (Å²) >= 11 is 6.49. The van der Waals surface area contributed by atoms with Gasteiger partial charge < -0.3 is 10.8 Å². The third kappa shape index (κ3) is 3.07. The number of nitrogens with zero attached hydrogens (tertiary/aromatic N) is 2. The lowest BCUT2D eigenvalue weighted by Crippen LogP contribution is -2.04. The fourth-order valence-corrected chi connectivity index (χ4v) is 1.77. The molecular formula is C7H6ClN3O3S. The quantitative estimate of drug-likeness (QED) is 0.458. The Bertz CT molecular complexity index is 413. The summed E-state index contributed by atoms with van der Waals surface area (Å²) in [6.45, 7) is 0. The largest absolute Gasteiger partial charge is 0.481 e. The molecule has 0 amide bonds. The standard InChI is InChI=1S/C7H6ClN3O3S/c8-5-3(1-12)6(11-7(9)10-5)15-2-4(13)14/h1H,2H2,(H,13,14)(H2,9,10,11). The van der Waals surface area contributed by atoms with Gasteiger partial charge in [0.1, 0.15) is 10.2 Å². The van der Waals surface area contributed by atoms with Crippen LogP contribution in [0.1, 0.15) is 10.4 Å². The molecule has 0 saturated carbocycles. The van der Waals surface area contributed by atoms with E-state index in [2.05, 4.69) is 9.97 Å². The predicted octanol–water partition coefficient (Wildman–Crippen LogP) is 0.701. The number of hydrogen-bond donors (Lipinski definition) is 2.